The number of esters is 1. The molecule has 0 spiro atoms. The second-order valence-corrected chi connectivity index (χ2v) is 6.99. The first kappa shape index (κ1) is 18.1. The van der Waals surface area contributed by atoms with Crippen LogP contribution in [0.25, 0.3) is 0 Å². The molecule has 0 saturated carbocycles. The summed E-state index contributed by atoms with van der Waals surface area (Å²) in [6.45, 7) is 3.47. The quantitative estimate of drug-likeness (QED) is 0.777. The van der Waals surface area contributed by atoms with Crippen molar-refractivity contribution in [2.75, 3.05) is 19.8 Å². The summed E-state index contributed by atoms with van der Waals surface area (Å²) in [4.78, 5) is 25.1. The van der Waals surface area contributed by atoms with E-state index in [1.54, 1.807) is 24.3 Å². The minimum atomic E-state index is -0.741. The maximum Gasteiger partial charge on any atom is 0.329 e. The molecule has 0 aliphatic carbocycles. The Labute approximate surface area is 153 Å². The average Bonchev–Trinajstić information content (AvgIpc) is 2.65. The summed E-state index contributed by atoms with van der Waals surface area (Å²) in [6, 6.07) is 17.7. The first-order valence-electron chi connectivity index (χ1n) is 8.70. The van der Waals surface area contributed by atoms with Gasteiger partial charge in [0.2, 0.25) is 0 Å². The number of rotatable bonds is 7. The summed E-state index contributed by atoms with van der Waals surface area (Å²) in [5, 5.41) is 2.81. The molecule has 0 radical (unpaired) electrons. The van der Waals surface area contributed by atoms with Gasteiger partial charge in [0.05, 0.1) is 13.2 Å². The average molecular weight is 353 g/mol. The zero-order chi connectivity index (χ0) is 18.4. The fraction of sp³-hybridized carbons (Fsp3) is 0.333. The topological polar surface area (TPSA) is 64.6 Å². The molecule has 1 N–H and O–H groups in total. The van der Waals surface area contributed by atoms with Gasteiger partial charge in [0.15, 0.2) is 0 Å². The third-order valence-electron chi connectivity index (χ3n) is 4.37. The maximum absolute atomic E-state index is 12.6. The van der Waals surface area contributed by atoms with Crippen molar-refractivity contribution in [3.8, 4) is 0 Å². The van der Waals surface area contributed by atoms with Crippen molar-refractivity contribution in [1.82, 2.24) is 5.32 Å². The number of carbonyl (C=O) groups is 2. The van der Waals surface area contributed by atoms with Gasteiger partial charge in [0.25, 0.3) is 5.91 Å². The molecule has 1 atom stereocenters. The van der Waals surface area contributed by atoms with E-state index < -0.39 is 12.0 Å². The molecular formula is C21H23NO4. The zero-order valence-corrected chi connectivity index (χ0v) is 14.8. The van der Waals surface area contributed by atoms with Crippen molar-refractivity contribution in [1.29, 1.82) is 0 Å². The first-order valence-corrected chi connectivity index (χ1v) is 8.70. The summed E-state index contributed by atoms with van der Waals surface area (Å²) in [5.74, 6) is -0.715. The third kappa shape index (κ3) is 4.70. The van der Waals surface area contributed by atoms with Gasteiger partial charge < -0.3 is 14.8 Å². The third-order valence-corrected chi connectivity index (χ3v) is 4.37. The van der Waals surface area contributed by atoms with Crippen LogP contribution in [-0.2, 0) is 20.7 Å². The summed E-state index contributed by atoms with van der Waals surface area (Å²) in [7, 11) is 0. The molecule has 3 rings (SSSR count). The van der Waals surface area contributed by atoms with E-state index in [9.17, 15) is 9.59 Å². The SMILES string of the molecule is CC1(COC(=O)[C@H](Cc2ccccc2)NC(=O)c2ccccc2)COC1. The van der Waals surface area contributed by atoms with Crippen molar-refractivity contribution in [3.63, 3.8) is 0 Å². The smallest absolute Gasteiger partial charge is 0.329 e. The van der Waals surface area contributed by atoms with Crippen LogP contribution in [0.1, 0.15) is 22.8 Å². The second kappa shape index (κ2) is 8.15. The minimum Gasteiger partial charge on any atom is -0.463 e. The van der Waals surface area contributed by atoms with Crippen molar-refractivity contribution >= 4 is 11.9 Å². The Hall–Kier alpha value is -2.66. The summed E-state index contributed by atoms with van der Waals surface area (Å²) >= 11 is 0. The molecule has 0 bridgehead atoms. The molecule has 0 aromatic heterocycles. The standard InChI is InChI=1S/C21H23NO4/c1-21(13-25-14-21)15-26-20(24)18(12-16-8-4-2-5-9-16)22-19(23)17-10-6-3-7-11-17/h2-11,18H,12-15H2,1H3,(H,22,23)/t18-/m0/s1. The summed E-state index contributed by atoms with van der Waals surface area (Å²) in [5.41, 5.74) is 1.34. The van der Waals surface area contributed by atoms with E-state index in [0.717, 1.165) is 5.56 Å². The highest BCUT2D eigenvalue weighted by Crippen LogP contribution is 2.26. The van der Waals surface area contributed by atoms with Crippen LogP contribution in [0.15, 0.2) is 60.7 Å². The molecule has 136 valence electrons. The van der Waals surface area contributed by atoms with Crippen LogP contribution < -0.4 is 5.32 Å². The van der Waals surface area contributed by atoms with Crippen molar-refractivity contribution in [3.05, 3.63) is 71.8 Å². The highest BCUT2D eigenvalue weighted by Gasteiger charge is 2.36. The molecule has 1 aliphatic rings. The highest BCUT2D eigenvalue weighted by molar-refractivity contribution is 5.96. The van der Waals surface area contributed by atoms with Gasteiger partial charge in [0.1, 0.15) is 12.6 Å². The van der Waals surface area contributed by atoms with Crippen molar-refractivity contribution in [2.45, 2.75) is 19.4 Å². The highest BCUT2D eigenvalue weighted by atomic mass is 16.5. The molecule has 1 heterocycles. The Kier molecular flexibility index (Phi) is 5.68. The van der Waals surface area contributed by atoms with Gasteiger partial charge in [-0.3, -0.25) is 4.79 Å². The fourth-order valence-electron chi connectivity index (χ4n) is 2.75. The maximum atomic E-state index is 12.6. The Bertz CT molecular complexity index is 741. The second-order valence-electron chi connectivity index (χ2n) is 6.99. The lowest BCUT2D eigenvalue weighted by molar-refractivity contribution is -0.167. The van der Waals surface area contributed by atoms with Crippen LogP contribution in [0.3, 0.4) is 0 Å². The Morgan fingerprint density at radius 2 is 1.69 bits per heavy atom. The Morgan fingerprint density at radius 1 is 1.08 bits per heavy atom. The van der Waals surface area contributed by atoms with E-state index in [2.05, 4.69) is 5.32 Å². The lowest BCUT2D eigenvalue weighted by Crippen LogP contribution is -2.47. The molecule has 2 aromatic carbocycles. The van der Waals surface area contributed by atoms with E-state index in [1.807, 2.05) is 43.3 Å². The minimum absolute atomic E-state index is 0.129. The van der Waals surface area contributed by atoms with Gasteiger partial charge in [-0.2, -0.15) is 0 Å². The van der Waals surface area contributed by atoms with Crippen LogP contribution in [0.5, 0.6) is 0 Å². The monoisotopic (exact) mass is 353 g/mol. The van der Waals surface area contributed by atoms with Gasteiger partial charge in [-0.1, -0.05) is 55.5 Å². The van der Waals surface area contributed by atoms with Crippen LogP contribution in [-0.4, -0.2) is 37.7 Å². The van der Waals surface area contributed by atoms with Gasteiger partial charge in [0, 0.05) is 17.4 Å². The number of benzene rings is 2. The Balaban J connectivity index is 1.68. The molecule has 0 unspecified atom stereocenters. The number of nitrogens with one attached hydrogen (secondary N) is 1. The first-order chi connectivity index (χ1) is 12.6. The predicted octanol–water partition coefficient (Wildman–Crippen LogP) is 2.61. The van der Waals surface area contributed by atoms with E-state index >= 15 is 0 Å². The normalized spacial score (nSPS) is 16.2. The van der Waals surface area contributed by atoms with Gasteiger partial charge in [-0.25, -0.2) is 4.79 Å². The molecule has 1 fully saturated rings. The van der Waals surface area contributed by atoms with Gasteiger partial charge >= 0.3 is 5.97 Å². The van der Waals surface area contributed by atoms with Crippen molar-refractivity contribution in [2.24, 2.45) is 5.41 Å². The number of carbonyl (C=O) groups excluding carboxylic acids is 2. The van der Waals surface area contributed by atoms with Crippen LogP contribution in [0.4, 0.5) is 0 Å². The molecule has 1 aliphatic heterocycles. The van der Waals surface area contributed by atoms with Gasteiger partial charge in [-0.05, 0) is 17.7 Å². The predicted molar refractivity (Wildman–Crippen MR) is 97.7 cm³/mol. The molecule has 2 aromatic rings. The number of amides is 1. The molecule has 5 nitrogen and oxygen atoms in total. The number of hydrogen-bond acceptors (Lipinski definition) is 4. The number of hydrogen-bond donors (Lipinski definition) is 1. The lowest BCUT2D eigenvalue weighted by Gasteiger charge is -2.37. The van der Waals surface area contributed by atoms with Crippen LogP contribution >= 0.6 is 0 Å². The molecule has 1 saturated heterocycles. The van der Waals surface area contributed by atoms with Crippen molar-refractivity contribution < 1.29 is 19.1 Å². The summed E-state index contributed by atoms with van der Waals surface area (Å²) < 4.78 is 10.7. The van der Waals surface area contributed by atoms with E-state index in [1.165, 1.54) is 0 Å². The number of ether oxygens (including phenoxy) is 2. The van der Waals surface area contributed by atoms with Crippen LogP contribution in [0, 0.1) is 5.41 Å². The molecule has 5 heteroatoms. The fourth-order valence-corrected chi connectivity index (χ4v) is 2.75. The zero-order valence-electron chi connectivity index (χ0n) is 14.8. The van der Waals surface area contributed by atoms with E-state index in [4.69, 9.17) is 9.47 Å². The molecule has 26 heavy (non-hydrogen) atoms. The van der Waals surface area contributed by atoms with E-state index in [0.29, 0.717) is 31.8 Å². The molecular weight excluding hydrogens is 330 g/mol. The largest absolute Gasteiger partial charge is 0.463 e. The van der Waals surface area contributed by atoms with E-state index in [-0.39, 0.29) is 11.3 Å². The lowest BCUT2D eigenvalue weighted by atomic mass is 9.90. The Morgan fingerprint density at radius 3 is 2.27 bits per heavy atom. The van der Waals surface area contributed by atoms with Gasteiger partial charge in [-0.15, -0.1) is 0 Å². The summed E-state index contributed by atoms with van der Waals surface area (Å²) in [6.07, 6.45) is 0.380. The molecule has 1 amide bonds. The van der Waals surface area contributed by atoms with Crippen LogP contribution in [0.2, 0.25) is 0 Å².